The van der Waals surface area contributed by atoms with Crippen molar-refractivity contribution in [3.05, 3.63) is 47.6 Å². The summed E-state index contributed by atoms with van der Waals surface area (Å²) in [5.41, 5.74) is 4.68. The standard InChI is InChI=1S/C27H42O2Si/c1-21-24(22-12-14-23(28-5)15-13-22)16-19-27(18-10-11-25(21)27)17-8-9-20-29-30(6,7)26(2,3)4/h12-16,19,25H,8-11,17-18,20H2,1-7H3/t25-,27+/m1/s1. The molecule has 0 bridgehead atoms. The van der Waals surface area contributed by atoms with Gasteiger partial charge in [0.1, 0.15) is 5.75 Å². The highest BCUT2D eigenvalue weighted by molar-refractivity contribution is 6.74. The van der Waals surface area contributed by atoms with Crippen LogP contribution in [-0.4, -0.2) is 22.0 Å². The summed E-state index contributed by atoms with van der Waals surface area (Å²) >= 11 is 0. The van der Waals surface area contributed by atoms with E-state index < -0.39 is 8.32 Å². The first-order valence-corrected chi connectivity index (χ1v) is 14.7. The Kier molecular flexibility index (Phi) is 7.03. The summed E-state index contributed by atoms with van der Waals surface area (Å²) in [7, 11) is 0.109. The van der Waals surface area contributed by atoms with Crippen molar-refractivity contribution < 1.29 is 9.16 Å². The van der Waals surface area contributed by atoms with Gasteiger partial charge in [0.25, 0.3) is 0 Å². The smallest absolute Gasteiger partial charge is 0.191 e. The van der Waals surface area contributed by atoms with Gasteiger partial charge in [0, 0.05) is 6.61 Å². The van der Waals surface area contributed by atoms with Gasteiger partial charge in [-0.1, -0.05) is 63.5 Å². The van der Waals surface area contributed by atoms with Crippen molar-refractivity contribution in [2.75, 3.05) is 13.7 Å². The molecule has 0 aliphatic heterocycles. The highest BCUT2D eigenvalue weighted by Gasteiger charge is 2.43. The van der Waals surface area contributed by atoms with Crippen LogP contribution in [0.2, 0.25) is 18.1 Å². The largest absolute Gasteiger partial charge is 0.497 e. The molecule has 0 radical (unpaired) electrons. The third-order valence-corrected chi connectivity index (χ3v) is 12.6. The molecule has 2 aliphatic rings. The van der Waals surface area contributed by atoms with Crippen LogP contribution >= 0.6 is 0 Å². The lowest BCUT2D eigenvalue weighted by Crippen LogP contribution is -2.41. The van der Waals surface area contributed by atoms with E-state index in [2.05, 4.69) is 77.2 Å². The van der Waals surface area contributed by atoms with Gasteiger partial charge in [-0.25, -0.2) is 0 Å². The van der Waals surface area contributed by atoms with Gasteiger partial charge in [0.2, 0.25) is 0 Å². The molecule has 1 aromatic carbocycles. The molecule has 0 amide bonds. The molecule has 2 nitrogen and oxygen atoms in total. The average molecular weight is 427 g/mol. The number of ether oxygens (including phenoxy) is 1. The second kappa shape index (κ2) is 9.04. The molecule has 1 fully saturated rings. The molecule has 3 rings (SSSR count). The van der Waals surface area contributed by atoms with Gasteiger partial charge >= 0.3 is 0 Å². The fraction of sp³-hybridized carbons (Fsp3) is 0.630. The van der Waals surface area contributed by atoms with Gasteiger partial charge in [-0.05, 0) is 85.3 Å². The molecule has 2 aliphatic carbocycles. The maximum absolute atomic E-state index is 6.41. The summed E-state index contributed by atoms with van der Waals surface area (Å²) in [6.07, 6.45) is 12.7. The van der Waals surface area contributed by atoms with Gasteiger partial charge in [0.15, 0.2) is 8.32 Å². The van der Waals surface area contributed by atoms with Crippen LogP contribution in [0.25, 0.3) is 5.57 Å². The van der Waals surface area contributed by atoms with Crippen LogP contribution in [0.5, 0.6) is 5.75 Å². The first-order chi connectivity index (χ1) is 14.1. The van der Waals surface area contributed by atoms with Crippen molar-refractivity contribution in [2.24, 2.45) is 11.3 Å². The van der Waals surface area contributed by atoms with Crippen molar-refractivity contribution in [3.63, 3.8) is 0 Å². The summed E-state index contributed by atoms with van der Waals surface area (Å²) in [5.74, 6) is 1.62. The van der Waals surface area contributed by atoms with E-state index in [-0.39, 0.29) is 0 Å². The highest BCUT2D eigenvalue weighted by atomic mass is 28.4. The topological polar surface area (TPSA) is 18.5 Å². The lowest BCUT2D eigenvalue weighted by Gasteiger charge is -2.38. The zero-order valence-corrected chi connectivity index (χ0v) is 21.3. The summed E-state index contributed by atoms with van der Waals surface area (Å²) in [4.78, 5) is 0. The van der Waals surface area contributed by atoms with Crippen LogP contribution in [0, 0.1) is 11.3 Å². The van der Waals surface area contributed by atoms with Crippen LogP contribution in [0.3, 0.4) is 0 Å². The monoisotopic (exact) mass is 426 g/mol. The zero-order valence-electron chi connectivity index (χ0n) is 20.3. The van der Waals surface area contributed by atoms with E-state index in [0.717, 1.165) is 12.4 Å². The Labute approximate surface area is 185 Å². The number of methoxy groups -OCH3 is 1. The molecule has 0 N–H and O–H groups in total. The van der Waals surface area contributed by atoms with Crippen LogP contribution in [-0.2, 0) is 4.43 Å². The third kappa shape index (κ3) is 4.78. The minimum atomic E-state index is -1.62. The first-order valence-electron chi connectivity index (χ1n) is 11.8. The molecular formula is C27H42O2Si. The summed E-state index contributed by atoms with van der Waals surface area (Å²) < 4.78 is 11.7. The second-order valence-corrected chi connectivity index (χ2v) is 15.7. The van der Waals surface area contributed by atoms with E-state index in [1.54, 1.807) is 12.7 Å². The summed E-state index contributed by atoms with van der Waals surface area (Å²) in [6.45, 7) is 15.0. The van der Waals surface area contributed by atoms with Crippen molar-refractivity contribution in [2.45, 2.75) is 84.4 Å². The molecule has 1 saturated carbocycles. The van der Waals surface area contributed by atoms with E-state index in [9.17, 15) is 0 Å². The number of hydrogen-bond donors (Lipinski definition) is 0. The van der Waals surface area contributed by atoms with E-state index in [4.69, 9.17) is 9.16 Å². The van der Waals surface area contributed by atoms with E-state index >= 15 is 0 Å². The lowest BCUT2D eigenvalue weighted by molar-refractivity contribution is 0.243. The minimum Gasteiger partial charge on any atom is -0.497 e. The van der Waals surface area contributed by atoms with Gasteiger partial charge in [-0.15, -0.1) is 0 Å². The molecule has 0 heterocycles. The Morgan fingerprint density at radius 2 is 1.80 bits per heavy atom. The van der Waals surface area contributed by atoms with E-state index in [0.29, 0.717) is 16.4 Å². The Morgan fingerprint density at radius 1 is 1.10 bits per heavy atom. The van der Waals surface area contributed by atoms with Gasteiger partial charge in [-0.2, -0.15) is 0 Å². The molecule has 0 spiro atoms. The summed E-state index contributed by atoms with van der Waals surface area (Å²) in [5, 5.41) is 0.300. The Hall–Kier alpha value is -1.32. The van der Waals surface area contributed by atoms with E-state index in [1.807, 2.05) is 0 Å². The zero-order chi connectivity index (χ0) is 22.0. The molecule has 0 unspecified atom stereocenters. The van der Waals surface area contributed by atoms with Crippen molar-refractivity contribution >= 4 is 13.9 Å². The number of unbranched alkanes of at least 4 members (excludes halogenated alkanes) is 1. The maximum Gasteiger partial charge on any atom is 0.191 e. The van der Waals surface area contributed by atoms with Crippen molar-refractivity contribution in [1.82, 2.24) is 0 Å². The lowest BCUT2D eigenvalue weighted by atomic mass is 9.67. The van der Waals surface area contributed by atoms with Crippen LogP contribution in [0.15, 0.2) is 42.0 Å². The van der Waals surface area contributed by atoms with Gasteiger partial charge in [0.05, 0.1) is 7.11 Å². The summed E-state index contributed by atoms with van der Waals surface area (Å²) in [6, 6.07) is 8.54. The fourth-order valence-electron chi connectivity index (χ4n) is 5.09. The normalized spacial score (nSPS) is 24.3. The molecule has 2 atom stereocenters. The SMILES string of the molecule is COc1ccc(C2=C(C)[C@H]3CCC[C@@]3(CCCCO[Si](C)(C)C(C)(C)C)C=C2)cc1. The third-order valence-electron chi connectivity index (χ3n) is 8.07. The molecular weight excluding hydrogens is 384 g/mol. The van der Waals surface area contributed by atoms with Crippen molar-refractivity contribution in [3.8, 4) is 5.75 Å². The average Bonchev–Trinajstić information content (AvgIpc) is 3.12. The maximum atomic E-state index is 6.41. The molecule has 3 heteroatoms. The van der Waals surface area contributed by atoms with Crippen LogP contribution < -0.4 is 4.74 Å². The molecule has 0 saturated heterocycles. The number of fused-ring (bicyclic) bond motifs is 1. The van der Waals surface area contributed by atoms with Gasteiger partial charge in [-0.3, -0.25) is 0 Å². The number of hydrogen-bond acceptors (Lipinski definition) is 2. The predicted molar refractivity (Wildman–Crippen MR) is 132 cm³/mol. The Morgan fingerprint density at radius 3 is 2.43 bits per heavy atom. The predicted octanol–water partition coefficient (Wildman–Crippen LogP) is 8.02. The number of benzene rings is 1. The van der Waals surface area contributed by atoms with Crippen molar-refractivity contribution in [1.29, 1.82) is 0 Å². The van der Waals surface area contributed by atoms with Crippen LogP contribution in [0.1, 0.15) is 71.8 Å². The fourth-order valence-corrected chi connectivity index (χ4v) is 6.18. The second-order valence-electron chi connectivity index (χ2n) is 10.9. The Bertz CT molecular complexity index is 782. The Balaban J connectivity index is 1.61. The number of allylic oxidation sites excluding steroid dienone is 4. The molecule has 166 valence electrons. The van der Waals surface area contributed by atoms with Crippen LogP contribution in [0.4, 0.5) is 0 Å². The van der Waals surface area contributed by atoms with E-state index in [1.165, 1.54) is 49.7 Å². The minimum absolute atomic E-state index is 0.300. The molecule has 1 aromatic rings. The number of rotatable bonds is 8. The highest BCUT2D eigenvalue weighted by Crippen LogP contribution is 2.55. The molecule has 30 heavy (non-hydrogen) atoms. The first kappa shape index (κ1) is 23.3. The van der Waals surface area contributed by atoms with Gasteiger partial charge < -0.3 is 9.16 Å². The quantitative estimate of drug-likeness (QED) is 0.309. The molecule has 0 aromatic heterocycles.